The van der Waals surface area contributed by atoms with Gasteiger partial charge in [-0.05, 0) is 20.2 Å². The first-order valence-corrected chi connectivity index (χ1v) is 7.34. The summed E-state index contributed by atoms with van der Waals surface area (Å²) in [6.45, 7) is 1.32. The fourth-order valence-corrected chi connectivity index (χ4v) is 2.11. The number of nitrogens with zero attached hydrogens (tertiary/aromatic N) is 3. The van der Waals surface area contributed by atoms with E-state index in [1.807, 2.05) is 19.0 Å². The minimum absolute atomic E-state index is 0.265. The average molecular weight is 302 g/mol. The predicted molar refractivity (Wildman–Crippen MR) is 76.3 cm³/mol. The highest BCUT2D eigenvalue weighted by molar-refractivity contribution is 7.89. The van der Waals surface area contributed by atoms with Crippen LogP contribution in [0.1, 0.15) is 0 Å². The van der Waals surface area contributed by atoms with E-state index < -0.39 is 14.9 Å². The molecule has 0 aliphatic rings. The summed E-state index contributed by atoms with van der Waals surface area (Å²) in [6.07, 6.45) is 0. The van der Waals surface area contributed by atoms with Gasteiger partial charge in [0.15, 0.2) is 0 Å². The molecule has 0 heterocycles. The van der Waals surface area contributed by atoms with Crippen LogP contribution in [-0.2, 0) is 10.0 Å². The van der Waals surface area contributed by atoms with Crippen molar-refractivity contribution in [3.8, 4) is 0 Å². The van der Waals surface area contributed by atoms with Gasteiger partial charge in [0.2, 0.25) is 10.0 Å². The Balaban J connectivity index is 3.19. The number of sulfonamides is 1. The minimum atomic E-state index is -3.99. The van der Waals surface area contributed by atoms with Crippen LogP contribution in [0.2, 0.25) is 0 Å². The maximum Gasteiger partial charge on any atom is 0.272 e. The second-order valence-corrected chi connectivity index (χ2v) is 6.27. The van der Waals surface area contributed by atoms with Gasteiger partial charge < -0.3 is 9.80 Å². The Kier molecular flexibility index (Phi) is 5.03. The molecule has 0 saturated heterocycles. The summed E-state index contributed by atoms with van der Waals surface area (Å²) in [5.41, 5.74) is 0.133. The van der Waals surface area contributed by atoms with E-state index in [2.05, 4.69) is 0 Å². The maximum atomic E-state index is 11.4. The van der Waals surface area contributed by atoms with E-state index in [9.17, 15) is 18.5 Å². The lowest BCUT2D eigenvalue weighted by atomic mass is 10.2. The van der Waals surface area contributed by atoms with Gasteiger partial charge in [-0.2, -0.15) is 0 Å². The van der Waals surface area contributed by atoms with Crippen molar-refractivity contribution in [2.75, 3.05) is 39.1 Å². The fraction of sp³-hybridized carbons (Fsp3) is 0.455. The zero-order valence-corrected chi connectivity index (χ0v) is 12.4. The molecule has 0 fully saturated rings. The molecular weight excluding hydrogens is 284 g/mol. The van der Waals surface area contributed by atoms with E-state index in [0.29, 0.717) is 12.2 Å². The Bertz CT molecular complexity index is 600. The number of likely N-dealkylation sites (N-methyl/N-ethyl adjacent to an activating group) is 2. The summed E-state index contributed by atoms with van der Waals surface area (Å²) < 4.78 is 22.8. The number of nitro benzene ring substituents is 1. The SMILES string of the molecule is CN(C)CCN(C)c1cc([N+](=O)[O-])cc(S(N)(=O)=O)c1. The third kappa shape index (κ3) is 4.44. The summed E-state index contributed by atoms with van der Waals surface area (Å²) in [7, 11) is 1.54. The number of non-ortho nitro benzene ring substituents is 1. The topological polar surface area (TPSA) is 110 Å². The molecule has 112 valence electrons. The maximum absolute atomic E-state index is 11.4. The molecule has 1 aromatic rings. The molecule has 0 aliphatic carbocycles. The molecular formula is C11H18N4O4S. The lowest BCUT2D eigenvalue weighted by molar-refractivity contribution is -0.385. The van der Waals surface area contributed by atoms with Gasteiger partial charge in [-0.15, -0.1) is 0 Å². The Morgan fingerprint density at radius 3 is 2.25 bits per heavy atom. The number of anilines is 1. The molecule has 0 bridgehead atoms. The number of hydrogen-bond acceptors (Lipinski definition) is 6. The van der Waals surface area contributed by atoms with Crippen LogP contribution in [0.3, 0.4) is 0 Å². The highest BCUT2D eigenvalue weighted by atomic mass is 32.2. The van der Waals surface area contributed by atoms with Crippen LogP contribution in [-0.4, -0.2) is 52.5 Å². The standard InChI is InChI=1S/C11H18N4O4S/c1-13(2)4-5-14(3)9-6-10(15(16)17)8-11(7-9)20(12,18)19/h6-8H,4-5H2,1-3H3,(H2,12,18,19). The Morgan fingerprint density at radius 1 is 1.20 bits per heavy atom. The summed E-state index contributed by atoms with van der Waals surface area (Å²) in [5.74, 6) is 0. The zero-order valence-electron chi connectivity index (χ0n) is 11.6. The van der Waals surface area contributed by atoms with E-state index in [0.717, 1.165) is 12.6 Å². The summed E-state index contributed by atoms with van der Waals surface area (Å²) in [5, 5.41) is 15.9. The van der Waals surface area contributed by atoms with Crippen molar-refractivity contribution in [2.45, 2.75) is 4.90 Å². The number of rotatable bonds is 6. The smallest absolute Gasteiger partial charge is 0.272 e. The molecule has 2 N–H and O–H groups in total. The molecule has 0 atom stereocenters. The van der Waals surface area contributed by atoms with Crippen molar-refractivity contribution in [3.63, 3.8) is 0 Å². The second-order valence-electron chi connectivity index (χ2n) is 4.71. The van der Waals surface area contributed by atoms with Gasteiger partial charge in [0.25, 0.3) is 5.69 Å². The van der Waals surface area contributed by atoms with Crippen molar-refractivity contribution in [1.29, 1.82) is 0 Å². The molecule has 0 aliphatic heterocycles. The lowest BCUT2D eigenvalue weighted by Gasteiger charge is -2.21. The first kappa shape index (κ1) is 16.3. The average Bonchev–Trinajstić information content (AvgIpc) is 2.34. The van der Waals surface area contributed by atoms with Gasteiger partial charge in [-0.3, -0.25) is 10.1 Å². The summed E-state index contributed by atoms with van der Waals surface area (Å²) in [6, 6.07) is 3.61. The van der Waals surface area contributed by atoms with Gasteiger partial charge in [0.1, 0.15) is 0 Å². The van der Waals surface area contributed by atoms with Gasteiger partial charge >= 0.3 is 0 Å². The van der Waals surface area contributed by atoms with Crippen LogP contribution in [0.25, 0.3) is 0 Å². The molecule has 0 unspecified atom stereocenters. The number of nitro groups is 1. The largest absolute Gasteiger partial charge is 0.373 e. The van der Waals surface area contributed by atoms with Crippen LogP contribution < -0.4 is 10.0 Å². The van der Waals surface area contributed by atoms with Crippen LogP contribution in [0.4, 0.5) is 11.4 Å². The number of primary sulfonamides is 1. The van der Waals surface area contributed by atoms with Crippen molar-refractivity contribution < 1.29 is 13.3 Å². The fourth-order valence-electron chi connectivity index (χ4n) is 1.54. The zero-order chi connectivity index (χ0) is 15.5. The Morgan fingerprint density at radius 2 is 1.80 bits per heavy atom. The van der Waals surface area contributed by atoms with Crippen LogP contribution in [0.5, 0.6) is 0 Å². The lowest BCUT2D eigenvalue weighted by Crippen LogP contribution is -2.28. The quantitative estimate of drug-likeness (QED) is 0.595. The third-order valence-electron chi connectivity index (χ3n) is 2.74. The van der Waals surface area contributed by atoms with Gasteiger partial charge in [0, 0.05) is 38.0 Å². The van der Waals surface area contributed by atoms with E-state index >= 15 is 0 Å². The molecule has 0 amide bonds. The summed E-state index contributed by atoms with van der Waals surface area (Å²) >= 11 is 0. The molecule has 0 aromatic heterocycles. The van der Waals surface area contributed by atoms with Gasteiger partial charge in [-0.1, -0.05) is 0 Å². The second kappa shape index (κ2) is 6.16. The van der Waals surface area contributed by atoms with E-state index in [1.54, 1.807) is 11.9 Å². The van der Waals surface area contributed by atoms with Crippen molar-refractivity contribution in [2.24, 2.45) is 5.14 Å². The normalized spacial score (nSPS) is 11.7. The van der Waals surface area contributed by atoms with Crippen molar-refractivity contribution in [3.05, 3.63) is 28.3 Å². The Hall–Kier alpha value is -1.71. The minimum Gasteiger partial charge on any atom is -0.373 e. The Labute approximate surface area is 118 Å². The molecule has 0 radical (unpaired) electrons. The molecule has 9 heteroatoms. The van der Waals surface area contributed by atoms with E-state index in [-0.39, 0.29) is 10.6 Å². The molecule has 1 aromatic carbocycles. The van der Waals surface area contributed by atoms with Gasteiger partial charge in [-0.25, -0.2) is 13.6 Å². The highest BCUT2D eigenvalue weighted by Crippen LogP contribution is 2.25. The molecule has 0 saturated carbocycles. The summed E-state index contributed by atoms with van der Waals surface area (Å²) in [4.78, 5) is 13.6. The monoisotopic (exact) mass is 302 g/mol. The number of nitrogens with two attached hydrogens (primary N) is 1. The molecule has 1 rings (SSSR count). The van der Waals surface area contributed by atoms with Crippen LogP contribution in [0, 0.1) is 10.1 Å². The molecule has 20 heavy (non-hydrogen) atoms. The number of hydrogen-bond donors (Lipinski definition) is 1. The first-order chi connectivity index (χ1) is 9.11. The molecule has 8 nitrogen and oxygen atoms in total. The van der Waals surface area contributed by atoms with Crippen LogP contribution >= 0.6 is 0 Å². The van der Waals surface area contributed by atoms with E-state index in [1.165, 1.54) is 12.1 Å². The van der Waals surface area contributed by atoms with Crippen LogP contribution in [0.15, 0.2) is 23.1 Å². The van der Waals surface area contributed by atoms with Crippen molar-refractivity contribution in [1.82, 2.24) is 4.90 Å². The highest BCUT2D eigenvalue weighted by Gasteiger charge is 2.17. The van der Waals surface area contributed by atoms with Crippen molar-refractivity contribution >= 4 is 21.4 Å². The van der Waals surface area contributed by atoms with Gasteiger partial charge in [0.05, 0.1) is 9.82 Å². The van der Waals surface area contributed by atoms with E-state index in [4.69, 9.17) is 5.14 Å². The predicted octanol–water partition coefficient (Wildman–Crippen LogP) is 0.240. The third-order valence-corrected chi connectivity index (χ3v) is 3.63. The molecule has 0 spiro atoms. The number of benzene rings is 1. The first-order valence-electron chi connectivity index (χ1n) is 5.79.